The molecule has 0 radical (unpaired) electrons. The van der Waals surface area contributed by atoms with Crippen LogP contribution in [0, 0.1) is 6.92 Å². The number of hydrogen-bond acceptors (Lipinski definition) is 6. The molecule has 10 nitrogen and oxygen atoms in total. The SMILES string of the molecule is Cc1nnc(CN=C(NCC2CCCO2)N2CCN(CC(=O)N3CCCCC3)CC2)n1C.I. The fourth-order valence-corrected chi connectivity index (χ4v) is 4.56. The summed E-state index contributed by atoms with van der Waals surface area (Å²) in [6.07, 6.45) is 6.00. The average molecular weight is 575 g/mol. The topological polar surface area (TPSA) is 91.1 Å². The van der Waals surface area contributed by atoms with Crippen LogP contribution in [-0.2, 0) is 23.1 Å². The van der Waals surface area contributed by atoms with Crippen LogP contribution in [0.4, 0.5) is 0 Å². The van der Waals surface area contributed by atoms with Gasteiger partial charge in [-0.15, -0.1) is 34.2 Å². The van der Waals surface area contributed by atoms with E-state index in [1.165, 1.54) is 6.42 Å². The molecule has 1 N–H and O–H groups in total. The third-order valence-corrected chi connectivity index (χ3v) is 6.80. The van der Waals surface area contributed by atoms with Crippen molar-refractivity contribution in [1.29, 1.82) is 0 Å². The molecular formula is C22H39IN8O2. The Hall–Kier alpha value is -1.47. The van der Waals surface area contributed by atoms with Crippen molar-refractivity contribution < 1.29 is 9.53 Å². The number of aromatic nitrogens is 3. The molecule has 11 heteroatoms. The third kappa shape index (κ3) is 7.25. The molecule has 33 heavy (non-hydrogen) atoms. The van der Waals surface area contributed by atoms with E-state index in [1.807, 2.05) is 23.4 Å². The second-order valence-corrected chi connectivity index (χ2v) is 9.08. The first-order valence-corrected chi connectivity index (χ1v) is 12.1. The fourth-order valence-electron chi connectivity index (χ4n) is 4.56. The summed E-state index contributed by atoms with van der Waals surface area (Å²) in [5.74, 6) is 2.91. The molecular weight excluding hydrogens is 535 g/mol. The van der Waals surface area contributed by atoms with Crippen LogP contribution in [0.2, 0.25) is 0 Å². The number of amides is 1. The molecule has 1 unspecified atom stereocenters. The van der Waals surface area contributed by atoms with Gasteiger partial charge in [0, 0.05) is 59.5 Å². The van der Waals surface area contributed by atoms with Gasteiger partial charge in [-0.3, -0.25) is 9.69 Å². The minimum Gasteiger partial charge on any atom is -0.376 e. The van der Waals surface area contributed by atoms with Crippen LogP contribution in [0.25, 0.3) is 0 Å². The van der Waals surface area contributed by atoms with Gasteiger partial charge in [-0.1, -0.05) is 0 Å². The van der Waals surface area contributed by atoms with E-state index in [4.69, 9.17) is 9.73 Å². The summed E-state index contributed by atoms with van der Waals surface area (Å²) in [7, 11) is 1.97. The Morgan fingerprint density at radius 2 is 1.82 bits per heavy atom. The lowest BCUT2D eigenvalue weighted by Crippen LogP contribution is -2.55. The first-order valence-electron chi connectivity index (χ1n) is 12.1. The molecule has 3 fully saturated rings. The zero-order valence-electron chi connectivity index (χ0n) is 20.0. The van der Waals surface area contributed by atoms with Gasteiger partial charge in [-0.25, -0.2) is 4.99 Å². The number of piperazine rings is 1. The van der Waals surface area contributed by atoms with E-state index in [0.717, 1.165) is 95.7 Å². The second-order valence-electron chi connectivity index (χ2n) is 9.08. The molecule has 186 valence electrons. The molecule has 1 aromatic rings. The highest BCUT2D eigenvalue weighted by Gasteiger charge is 2.25. The highest BCUT2D eigenvalue weighted by Crippen LogP contribution is 2.12. The number of rotatable bonds is 6. The Bertz CT molecular complexity index is 781. The minimum atomic E-state index is 0. The van der Waals surface area contributed by atoms with Crippen LogP contribution >= 0.6 is 24.0 Å². The number of hydrogen-bond donors (Lipinski definition) is 1. The van der Waals surface area contributed by atoms with Crippen molar-refractivity contribution in [2.45, 2.75) is 51.7 Å². The van der Waals surface area contributed by atoms with Gasteiger partial charge in [0.25, 0.3) is 0 Å². The van der Waals surface area contributed by atoms with Crippen LogP contribution in [0.15, 0.2) is 4.99 Å². The number of nitrogens with zero attached hydrogens (tertiary/aromatic N) is 7. The van der Waals surface area contributed by atoms with Crippen LogP contribution in [0.5, 0.6) is 0 Å². The van der Waals surface area contributed by atoms with Gasteiger partial charge >= 0.3 is 0 Å². The van der Waals surface area contributed by atoms with Gasteiger partial charge in [-0.2, -0.15) is 0 Å². The van der Waals surface area contributed by atoms with Crippen LogP contribution in [0.1, 0.15) is 43.8 Å². The molecule has 0 saturated carbocycles. The zero-order valence-corrected chi connectivity index (χ0v) is 22.4. The van der Waals surface area contributed by atoms with Crippen molar-refractivity contribution >= 4 is 35.8 Å². The third-order valence-electron chi connectivity index (χ3n) is 6.80. The smallest absolute Gasteiger partial charge is 0.236 e. The van der Waals surface area contributed by atoms with Gasteiger partial charge in [0.05, 0.1) is 12.6 Å². The number of nitrogens with one attached hydrogen (secondary N) is 1. The Morgan fingerprint density at radius 3 is 2.45 bits per heavy atom. The number of carbonyl (C=O) groups is 1. The van der Waals surface area contributed by atoms with Crippen molar-refractivity contribution in [2.24, 2.45) is 12.0 Å². The second kappa shape index (κ2) is 12.8. The summed E-state index contributed by atoms with van der Waals surface area (Å²) in [4.78, 5) is 24.1. The predicted octanol–water partition coefficient (Wildman–Crippen LogP) is 0.996. The molecule has 3 aliphatic rings. The maximum absolute atomic E-state index is 12.6. The molecule has 0 spiro atoms. The average Bonchev–Trinajstić information content (AvgIpc) is 3.46. The monoisotopic (exact) mass is 574 g/mol. The number of carbonyl (C=O) groups excluding carboxylic acids is 1. The molecule has 3 aliphatic heterocycles. The predicted molar refractivity (Wildman–Crippen MR) is 138 cm³/mol. The summed E-state index contributed by atoms with van der Waals surface area (Å²) in [6.45, 7) is 9.85. The number of likely N-dealkylation sites (tertiary alicyclic amines) is 1. The Kier molecular flexibility index (Phi) is 10.2. The molecule has 0 aromatic carbocycles. The van der Waals surface area contributed by atoms with Crippen molar-refractivity contribution in [3.05, 3.63) is 11.6 Å². The Balaban J connectivity index is 0.00000306. The fraction of sp³-hybridized carbons (Fsp3) is 0.818. The highest BCUT2D eigenvalue weighted by molar-refractivity contribution is 14.0. The van der Waals surface area contributed by atoms with Crippen molar-refractivity contribution in [2.75, 3.05) is 59.0 Å². The normalized spacial score (nSPS) is 22.4. The summed E-state index contributed by atoms with van der Waals surface area (Å²) < 4.78 is 7.76. The van der Waals surface area contributed by atoms with E-state index in [0.29, 0.717) is 13.1 Å². The van der Waals surface area contributed by atoms with Crippen molar-refractivity contribution in [1.82, 2.24) is 34.8 Å². The molecule has 1 aromatic heterocycles. The van der Waals surface area contributed by atoms with Gasteiger partial charge in [0.15, 0.2) is 11.8 Å². The van der Waals surface area contributed by atoms with Crippen LogP contribution in [-0.4, -0.2) is 106 Å². The number of guanidine groups is 1. The number of piperidine rings is 1. The van der Waals surface area contributed by atoms with Crippen LogP contribution in [0.3, 0.4) is 0 Å². The quantitative estimate of drug-likeness (QED) is 0.308. The first-order chi connectivity index (χ1) is 15.6. The lowest BCUT2D eigenvalue weighted by Gasteiger charge is -2.37. The largest absolute Gasteiger partial charge is 0.376 e. The van der Waals surface area contributed by atoms with Crippen molar-refractivity contribution in [3.8, 4) is 0 Å². The van der Waals surface area contributed by atoms with Gasteiger partial charge in [0.2, 0.25) is 5.91 Å². The van der Waals surface area contributed by atoms with E-state index in [1.54, 1.807) is 0 Å². The maximum Gasteiger partial charge on any atom is 0.236 e. The van der Waals surface area contributed by atoms with E-state index in [-0.39, 0.29) is 36.0 Å². The molecule has 1 amide bonds. The number of aryl methyl sites for hydroxylation is 1. The molecule has 3 saturated heterocycles. The van der Waals surface area contributed by atoms with E-state index in [9.17, 15) is 4.79 Å². The maximum atomic E-state index is 12.6. The minimum absolute atomic E-state index is 0. The summed E-state index contributed by atoms with van der Waals surface area (Å²) >= 11 is 0. The van der Waals surface area contributed by atoms with Gasteiger partial charge in [0.1, 0.15) is 12.4 Å². The van der Waals surface area contributed by atoms with Crippen LogP contribution < -0.4 is 5.32 Å². The standard InChI is InChI=1S/C22H38N8O2.HI/c1-18-25-26-20(27(18)2)16-24-22(23-15-19-7-6-14-32-19)30-12-10-28(11-13-30)17-21(31)29-8-4-3-5-9-29;/h19H,3-17H2,1-2H3,(H,23,24);1H. The Morgan fingerprint density at radius 1 is 1.06 bits per heavy atom. The van der Waals surface area contributed by atoms with Gasteiger partial charge < -0.3 is 24.4 Å². The number of ether oxygens (including phenoxy) is 1. The molecule has 0 bridgehead atoms. The van der Waals surface area contributed by atoms with E-state index >= 15 is 0 Å². The first kappa shape index (κ1) is 26.1. The zero-order chi connectivity index (χ0) is 22.3. The summed E-state index contributed by atoms with van der Waals surface area (Å²) in [5, 5.41) is 11.9. The lowest BCUT2D eigenvalue weighted by molar-refractivity contribution is -0.133. The Labute approximate surface area is 214 Å². The summed E-state index contributed by atoms with van der Waals surface area (Å²) in [6, 6.07) is 0. The number of aliphatic imine (C=N–C) groups is 1. The summed E-state index contributed by atoms with van der Waals surface area (Å²) in [5.41, 5.74) is 0. The van der Waals surface area contributed by atoms with Crippen molar-refractivity contribution in [3.63, 3.8) is 0 Å². The van der Waals surface area contributed by atoms with E-state index < -0.39 is 0 Å². The van der Waals surface area contributed by atoms with Gasteiger partial charge in [-0.05, 0) is 39.0 Å². The highest BCUT2D eigenvalue weighted by atomic mass is 127. The van der Waals surface area contributed by atoms with E-state index in [2.05, 4.69) is 25.3 Å². The lowest BCUT2D eigenvalue weighted by atomic mass is 10.1. The molecule has 1 atom stereocenters. The number of halogens is 1. The molecule has 4 rings (SSSR count). The molecule has 4 heterocycles. The molecule has 0 aliphatic carbocycles.